The van der Waals surface area contributed by atoms with Gasteiger partial charge in [-0.1, -0.05) is 6.92 Å². The molecule has 1 saturated heterocycles. The highest BCUT2D eigenvalue weighted by molar-refractivity contribution is 8.00. The first-order valence-corrected chi connectivity index (χ1v) is 6.83. The van der Waals surface area contributed by atoms with Crippen LogP contribution in [0.15, 0.2) is 16.5 Å². The Morgan fingerprint density at radius 3 is 3.00 bits per heavy atom. The Morgan fingerprint density at radius 1 is 1.47 bits per heavy atom. The highest BCUT2D eigenvalue weighted by Crippen LogP contribution is 2.25. The zero-order valence-corrected chi connectivity index (χ0v) is 10.1. The van der Waals surface area contributed by atoms with Crippen LogP contribution in [-0.4, -0.2) is 17.5 Å². The van der Waals surface area contributed by atoms with Crippen molar-refractivity contribution in [2.45, 2.75) is 38.0 Å². The largest absolute Gasteiger partial charge is 0.465 e. The number of thioether (sulfide) groups is 1. The van der Waals surface area contributed by atoms with Gasteiger partial charge in [-0.3, -0.25) is 0 Å². The number of nitrogens with one attached hydrogen (secondary N) is 1. The Morgan fingerprint density at radius 2 is 2.33 bits per heavy atom. The SMILES string of the molecule is CCc1ccc(CNCC2CCCS2)o1. The van der Waals surface area contributed by atoms with Gasteiger partial charge in [-0.05, 0) is 30.7 Å². The molecule has 1 aliphatic rings. The quantitative estimate of drug-likeness (QED) is 0.834. The first-order valence-electron chi connectivity index (χ1n) is 5.78. The predicted octanol–water partition coefficient (Wildman–Crippen LogP) is 2.83. The maximum atomic E-state index is 5.63. The van der Waals surface area contributed by atoms with Crippen molar-refractivity contribution < 1.29 is 4.42 Å². The molecule has 0 radical (unpaired) electrons. The number of furan rings is 1. The zero-order chi connectivity index (χ0) is 10.5. The minimum absolute atomic E-state index is 0.825. The summed E-state index contributed by atoms with van der Waals surface area (Å²) >= 11 is 2.09. The van der Waals surface area contributed by atoms with E-state index in [1.54, 1.807) is 0 Å². The zero-order valence-electron chi connectivity index (χ0n) is 9.29. The molecule has 1 aromatic rings. The van der Waals surface area contributed by atoms with Crippen molar-refractivity contribution in [1.29, 1.82) is 0 Å². The third-order valence-corrected chi connectivity index (χ3v) is 4.16. The molecular weight excluding hydrogens is 206 g/mol. The van der Waals surface area contributed by atoms with Crippen LogP contribution in [0.2, 0.25) is 0 Å². The summed E-state index contributed by atoms with van der Waals surface area (Å²) in [6.07, 6.45) is 3.74. The van der Waals surface area contributed by atoms with Gasteiger partial charge in [0.1, 0.15) is 11.5 Å². The van der Waals surface area contributed by atoms with E-state index in [0.717, 1.165) is 36.3 Å². The topological polar surface area (TPSA) is 25.2 Å². The molecule has 0 aromatic carbocycles. The van der Waals surface area contributed by atoms with E-state index in [2.05, 4.69) is 36.1 Å². The molecular formula is C12H19NOS. The molecule has 15 heavy (non-hydrogen) atoms. The molecule has 3 heteroatoms. The molecule has 0 aliphatic carbocycles. The summed E-state index contributed by atoms with van der Waals surface area (Å²) in [5.74, 6) is 3.49. The smallest absolute Gasteiger partial charge is 0.117 e. The van der Waals surface area contributed by atoms with Crippen LogP contribution < -0.4 is 5.32 Å². The van der Waals surface area contributed by atoms with Crippen molar-refractivity contribution in [3.05, 3.63) is 23.7 Å². The molecule has 1 unspecified atom stereocenters. The molecule has 0 amide bonds. The van der Waals surface area contributed by atoms with Crippen molar-refractivity contribution in [1.82, 2.24) is 5.32 Å². The van der Waals surface area contributed by atoms with Gasteiger partial charge in [0.25, 0.3) is 0 Å². The highest BCUT2D eigenvalue weighted by atomic mass is 32.2. The first-order chi connectivity index (χ1) is 7.38. The van der Waals surface area contributed by atoms with Crippen LogP contribution in [-0.2, 0) is 13.0 Å². The van der Waals surface area contributed by atoms with E-state index in [0.29, 0.717) is 0 Å². The molecule has 1 aliphatic heterocycles. The molecule has 1 N–H and O–H groups in total. The Hall–Kier alpha value is -0.410. The van der Waals surface area contributed by atoms with Crippen LogP contribution >= 0.6 is 11.8 Å². The molecule has 1 fully saturated rings. The van der Waals surface area contributed by atoms with E-state index in [1.165, 1.54) is 18.6 Å². The second-order valence-corrected chi connectivity index (χ2v) is 5.40. The van der Waals surface area contributed by atoms with Gasteiger partial charge < -0.3 is 9.73 Å². The average molecular weight is 225 g/mol. The van der Waals surface area contributed by atoms with Gasteiger partial charge in [-0.2, -0.15) is 11.8 Å². The van der Waals surface area contributed by atoms with Crippen LogP contribution in [0.1, 0.15) is 31.3 Å². The summed E-state index contributed by atoms with van der Waals surface area (Å²) in [6.45, 7) is 4.11. The van der Waals surface area contributed by atoms with E-state index < -0.39 is 0 Å². The van der Waals surface area contributed by atoms with E-state index in [9.17, 15) is 0 Å². The van der Waals surface area contributed by atoms with Crippen molar-refractivity contribution >= 4 is 11.8 Å². The van der Waals surface area contributed by atoms with Gasteiger partial charge >= 0.3 is 0 Å². The summed E-state index contributed by atoms with van der Waals surface area (Å²) in [4.78, 5) is 0. The van der Waals surface area contributed by atoms with Crippen molar-refractivity contribution in [2.75, 3.05) is 12.3 Å². The minimum Gasteiger partial charge on any atom is -0.465 e. The lowest BCUT2D eigenvalue weighted by Crippen LogP contribution is -2.22. The summed E-state index contributed by atoms with van der Waals surface area (Å²) in [7, 11) is 0. The second-order valence-electron chi connectivity index (χ2n) is 3.99. The van der Waals surface area contributed by atoms with Gasteiger partial charge in [0.05, 0.1) is 6.54 Å². The third kappa shape index (κ3) is 3.28. The minimum atomic E-state index is 0.825. The van der Waals surface area contributed by atoms with Crippen LogP contribution in [0, 0.1) is 0 Å². The Labute approximate surface area is 95.8 Å². The molecule has 1 atom stereocenters. The van der Waals surface area contributed by atoms with Crippen molar-refractivity contribution in [3.8, 4) is 0 Å². The van der Waals surface area contributed by atoms with Gasteiger partial charge in [-0.25, -0.2) is 0 Å². The second kappa shape index (κ2) is 5.61. The summed E-state index contributed by atoms with van der Waals surface area (Å²) in [5, 5.41) is 4.29. The van der Waals surface area contributed by atoms with Crippen LogP contribution in [0.4, 0.5) is 0 Å². The summed E-state index contributed by atoms with van der Waals surface area (Å²) in [6, 6.07) is 4.15. The number of rotatable bonds is 5. The standard InChI is InChI=1S/C12H19NOS/c1-2-10-5-6-11(14-10)8-13-9-12-4-3-7-15-12/h5-6,12-13H,2-4,7-9H2,1H3. The van der Waals surface area contributed by atoms with E-state index in [-0.39, 0.29) is 0 Å². The monoisotopic (exact) mass is 225 g/mol. The highest BCUT2D eigenvalue weighted by Gasteiger charge is 2.14. The number of hydrogen-bond donors (Lipinski definition) is 1. The van der Waals surface area contributed by atoms with Gasteiger partial charge in [0.2, 0.25) is 0 Å². The number of aryl methyl sites for hydroxylation is 1. The van der Waals surface area contributed by atoms with Gasteiger partial charge in [0, 0.05) is 18.2 Å². The Balaban J connectivity index is 1.68. The molecule has 2 rings (SSSR count). The first kappa shape index (κ1) is 11.1. The summed E-state index contributed by atoms with van der Waals surface area (Å²) in [5.41, 5.74) is 0. The van der Waals surface area contributed by atoms with Crippen molar-refractivity contribution in [3.63, 3.8) is 0 Å². The third-order valence-electron chi connectivity index (χ3n) is 2.76. The van der Waals surface area contributed by atoms with Crippen LogP contribution in [0.25, 0.3) is 0 Å². The number of hydrogen-bond acceptors (Lipinski definition) is 3. The lowest BCUT2D eigenvalue weighted by atomic mass is 10.2. The lowest BCUT2D eigenvalue weighted by Gasteiger charge is -2.08. The van der Waals surface area contributed by atoms with E-state index >= 15 is 0 Å². The van der Waals surface area contributed by atoms with E-state index in [4.69, 9.17) is 4.42 Å². The molecule has 0 bridgehead atoms. The summed E-state index contributed by atoms with van der Waals surface area (Å²) < 4.78 is 5.63. The molecule has 0 spiro atoms. The van der Waals surface area contributed by atoms with Crippen LogP contribution in [0.3, 0.4) is 0 Å². The molecule has 0 saturated carbocycles. The molecule has 84 valence electrons. The Kier molecular flexibility index (Phi) is 4.15. The fourth-order valence-corrected chi connectivity index (χ4v) is 3.10. The maximum Gasteiger partial charge on any atom is 0.117 e. The predicted molar refractivity (Wildman–Crippen MR) is 65.3 cm³/mol. The maximum absolute atomic E-state index is 5.63. The molecule has 2 nitrogen and oxygen atoms in total. The van der Waals surface area contributed by atoms with E-state index in [1.807, 2.05) is 0 Å². The normalized spacial score (nSPS) is 21.0. The van der Waals surface area contributed by atoms with Crippen LogP contribution in [0.5, 0.6) is 0 Å². The fraction of sp³-hybridized carbons (Fsp3) is 0.667. The molecule has 1 aromatic heterocycles. The molecule has 2 heterocycles. The lowest BCUT2D eigenvalue weighted by molar-refractivity contribution is 0.450. The average Bonchev–Trinajstić information content (AvgIpc) is 2.88. The van der Waals surface area contributed by atoms with Gasteiger partial charge in [-0.15, -0.1) is 0 Å². The fourth-order valence-electron chi connectivity index (χ4n) is 1.87. The van der Waals surface area contributed by atoms with Crippen molar-refractivity contribution in [2.24, 2.45) is 0 Å². The Bertz CT molecular complexity index is 292. The van der Waals surface area contributed by atoms with Gasteiger partial charge in [0.15, 0.2) is 0 Å².